The van der Waals surface area contributed by atoms with Crippen molar-refractivity contribution in [1.29, 1.82) is 0 Å². The molecule has 4 nitrogen and oxygen atoms in total. The van der Waals surface area contributed by atoms with Gasteiger partial charge >= 0.3 is 0 Å². The van der Waals surface area contributed by atoms with Crippen LogP contribution in [0.25, 0.3) is 0 Å². The summed E-state index contributed by atoms with van der Waals surface area (Å²) in [5, 5.41) is 2.88. The predicted octanol–water partition coefficient (Wildman–Crippen LogP) is 0.326. The number of piperidine rings is 1. The molecule has 1 heterocycles. The van der Waals surface area contributed by atoms with Crippen LogP contribution in [0.3, 0.4) is 0 Å². The van der Waals surface area contributed by atoms with Crippen LogP contribution in [0.15, 0.2) is 0 Å². The number of nitrogens with one attached hydrogen (secondary N) is 1. The number of likely N-dealkylation sites (tertiary alicyclic amines) is 1. The van der Waals surface area contributed by atoms with Gasteiger partial charge in [-0.2, -0.15) is 0 Å². The molecule has 1 atom stereocenters. The summed E-state index contributed by atoms with van der Waals surface area (Å²) in [6.07, 6.45) is 4.64. The van der Waals surface area contributed by atoms with Crippen LogP contribution < -0.4 is 11.1 Å². The highest BCUT2D eigenvalue weighted by Crippen LogP contribution is 2.07. The molecular formula is C11H23N3O. The third-order valence-electron chi connectivity index (χ3n) is 2.95. The summed E-state index contributed by atoms with van der Waals surface area (Å²) in [7, 11) is 0. The van der Waals surface area contributed by atoms with Crippen molar-refractivity contribution in [1.82, 2.24) is 10.2 Å². The van der Waals surface area contributed by atoms with Crippen molar-refractivity contribution in [3.05, 3.63) is 0 Å². The van der Waals surface area contributed by atoms with Gasteiger partial charge in [0, 0.05) is 13.1 Å². The van der Waals surface area contributed by atoms with Crippen molar-refractivity contribution in [3.8, 4) is 0 Å². The van der Waals surface area contributed by atoms with Gasteiger partial charge in [0.25, 0.3) is 0 Å². The number of carbonyl (C=O) groups excluding carboxylic acids is 1. The topological polar surface area (TPSA) is 58.4 Å². The Hall–Kier alpha value is -0.610. The van der Waals surface area contributed by atoms with Crippen LogP contribution in [-0.2, 0) is 4.79 Å². The maximum absolute atomic E-state index is 11.4. The smallest absolute Gasteiger partial charge is 0.236 e. The van der Waals surface area contributed by atoms with Crippen molar-refractivity contribution in [3.63, 3.8) is 0 Å². The largest absolute Gasteiger partial charge is 0.353 e. The van der Waals surface area contributed by atoms with Crippen LogP contribution in [0.4, 0.5) is 0 Å². The van der Waals surface area contributed by atoms with E-state index in [1.54, 1.807) is 0 Å². The maximum atomic E-state index is 11.4. The lowest BCUT2D eigenvalue weighted by atomic mass is 10.1. The third kappa shape index (κ3) is 4.62. The summed E-state index contributed by atoms with van der Waals surface area (Å²) in [5.41, 5.74) is 5.61. The number of rotatable bonds is 5. The quantitative estimate of drug-likeness (QED) is 0.692. The van der Waals surface area contributed by atoms with Crippen LogP contribution >= 0.6 is 0 Å². The van der Waals surface area contributed by atoms with Gasteiger partial charge in [-0.25, -0.2) is 0 Å². The van der Waals surface area contributed by atoms with E-state index < -0.39 is 0 Å². The lowest BCUT2D eigenvalue weighted by Crippen LogP contribution is -2.44. The highest BCUT2D eigenvalue weighted by atomic mass is 16.2. The van der Waals surface area contributed by atoms with Crippen LogP contribution in [0, 0.1) is 0 Å². The maximum Gasteiger partial charge on any atom is 0.236 e. The fourth-order valence-corrected chi connectivity index (χ4v) is 1.84. The molecule has 1 rings (SSSR count). The van der Waals surface area contributed by atoms with E-state index in [9.17, 15) is 4.79 Å². The van der Waals surface area contributed by atoms with Gasteiger partial charge in [0.05, 0.1) is 6.04 Å². The van der Waals surface area contributed by atoms with E-state index in [0.717, 1.165) is 13.1 Å². The summed E-state index contributed by atoms with van der Waals surface area (Å²) >= 11 is 0. The highest BCUT2D eigenvalue weighted by molar-refractivity contribution is 5.81. The first-order chi connectivity index (χ1) is 7.24. The normalized spacial score (nSPS) is 19.9. The van der Waals surface area contributed by atoms with Crippen LogP contribution in [0.5, 0.6) is 0 Å². The minimum absolute atomic E-state index is 0.0190. The highest BCUT2D eigenvalue weighted by Gasteiger charge is 2.12. The van der Waals surface area contributed by atoms with E-state index in [-0.39, 0.29) is 11.9 Å². The standard InChI is InChI=1S/C11H23N3O/c1-2-10(12)11(15)13-6-9-14-7-4-3-5-8-14/h10H,2-9,12H2,1H3,(H,13,15). The van der Waals surface area contributed by atoms with Crippen LogP contribution in [-0.4, -0.2) is 43.0 Å². The van der Waals surface area contributed by atoms with Gasteiger partial charge in [0.15, 0.2) is 0 Å². The number of hydrogen-bond donors (Lipinski definition) is 2. The Balaban J connectivity index is 2.07. The number of nitrogens with two attached hydrogens (primary N) is 1. The van der Waals surface area contributed by atoms with Gasteiger partial charge < -0.3 is 16.0 Å². The van der Waals surface area contributed by atoms with Crippen LogP contribution in [0.1, 0.15) is 32.6 Å². The molecule has 1 saturated heterocycles. The molecule has 0 bridgehead atoms. The minimum Gasteiger partial charge on any atom is -0.353 e. The van der Waals surface area contributed by atoms with E-state index in [1.165, 1.54) is 32.4 Å². The van der Waals surface area contributed by atoms with E-state index in [0.29, 0.717) is 6.42 Å². The second-order valence-electron chi connectivity index (χ2n) is 4.21. The molecule has 0 aromatic carbocycles. The van der Waals surface area contributed by atoms with E-state index in [4.69, 9.17) is 5.73 Å². The zero-order valence-electron chi connectivity index (χ0n) is 9.67. The molecule has 0 saturated carbocycles. The summed E-state index contributed by atoms with van der Waals surface area (Å²) in [5.74, 6) is -0.0190. The molecule has 1 aliphatic rings. The molecule has 0 spiro atoms. The fourth-order valence-electron chi connectivity index (χ4n) is 1.84. The third-order valence-corrected chi connectivity index (χ3v) is 2.95. The first kappa shape index (κ1) is 12.5. The molecule has 1 aliphatic heterocycles. The molecule has 0 aromatic rings. The Kier molecular flexibility index (Phi) is 5.65. The Morgan fingerprint density at radius 1 is 1.40 bits per heavy atom. The van der Waals surface area contributed by atoms with Crippen molar-refractivity contribution < 1.29 is 4.79 Å². The van der Waals surface area contributed by atoms with Gasteiger partial charge in [0.1, 0.15) is 0 Å². The van der Waals surface area contributed by atoms with Gasteiger partial charge in [-0.05, 0) is 32.4 Å². The predicted molar refractivity (Wildman–Crippen MR) is 61.6 cm³/mol. The first-order valence-corrected chi connectivity index (χ1v) is 5.99. The van der Waals surface area contributed by atoms with Gasteiger partial charge in [-0.15, -0.1) is 0 Å². The Morgan fingerprint density at radius 3 is 2.67 bits per heavy atom. The number of carbonyl (C=O) groups is 1. The average Bonchev–Trinajstić information content (AvgIpc) is 2.29. The average molecular weight is 213 g/mol. The molecule has 0 aliphatic carbocycles. The van der Waals surface area contributed by atoms with Crippen LogP contribution in [0.2, 0.25) is 0 Å². The molecule has 3 N–H and O–H groups in total. The van der Waals surface area contributed by atoms with Crippen molar-refractivity contribution in [2.75, 3.05) is 26.2 Å². The molecule has 88 valence electrons. The Bertz CT molecular complexity index is 190. The number of hydrogen-bond acceptors (Lipinski definition) is 3. The second-order valence-corrected chi connectivity index (χ2v) is 4.21. The van der Waals surface area contributed by atoms with Gasteiger partial charge in [-0.1, -0.05) is 13.3 Å². The summed E-state index contributed by atoms with van der Waals surface area (Å²) < 4.78 is 0. The zero-order valence-corrected chi connectivity index (χ0v) is 9.67. The molecule has 15 heavy (non-hydrogen) atoms. The lowest BCUT2D eigenvalue weighted by Gasteiger charge is -2.26. The molecule has 0 radical (unpaired) electrons. The molecule has 1 fully saturated rings. The first-order valence-electron chi connectivity index (χ1n) is 5.99. The summed E-state index contributed by atoms with van der Waals surface area (Å²) in [4.78, 5) is 13.8. The monoisotopic (exact) mass is 213 g/mol. The Labute approximate surface area is 92.2 Å². The summed E-state index contributed by atoms with van der Waals surface area (Å²) in [6.45, 7) is 5.97. The van der Waals surface area contributed by atoms with Crippen molar-refractivity contribution in [2.45, 2.75) is 38.6 Å². The lowest BCUT2D eigenvalue weighted by molar-refractivity contribution is -0.122. The van der Waals surface area contributed by atoms with Gasteiger partial charge in [-0.3, -0.25) is 4.79 Å². The van der Waals surface area contributed by atoms with E-state index >= 15 is 0 Å². The van der Waals surface area contributed by atoms with E-state index in [1.807, 2.05) is 6.92 Å². The molecule has 4 heteroatoms. The molecule has 1 amide bonds. The molecule has 0 aromatic heterocycles. The summed E-state index contributed by atoms with van der Waals surface area (Å²) in [6, 6.07) is -0.341. The minimum atomic E-state index is -0.341. The van der Waals surface area contributed by atoms with Gasteiger partial charge in [0.2, 0.25) is 5.91 Å². The SMILES string of the molecule is CCC(N)C(=O)NCCN1CCCCC1. The molecular weight excluding hydrogens is 190 g/mol. The molecule has 1 unspecified atom stereocenters. The Morgan fingerprint density at radius 2 is 2.07 bits per heavy atom. The zero-order chi connectivity index (χ0) is 11.1. The number of amides is 1. The fraction of sp³-hybridized carbons (Fsp3) is 0.909. The van der Waals surface area contributed by atoms with Crippen molar-refractivity contribution >= 4 is 5.91 Å². The number of nitrogens with zero attached hydrogens (tertiary/aromatic N) is 1. The van der Waals surface area contributed by atoms with E-state index in [2.05, 4.69) is 10.2 Å². The van der Waals surface area contributed by atoms with Crippen molar-refractivity contribution in [2.24, 2.45) is 5.73 Å². The second kappa shape index (κ2) is 6.80.